The molecule has 0 unspecified atom stereocenters. The van der Waals surface area contributed by atoms with Crippen LogP contribution >= 0.6 is 12.2 Å². The molecule has 5 nitrogen and oxygen atoms in total. The number of anilines is 2. The fraction of sp³-hybridized carbons (Fsp3) is 0.0690. The van der Waals surface area contributed by atoms with Crippen molar-refractivity contribution in [1.29, 1.82) is 0 Å². The molecule has 4 aromatic rings. The number of hydrogen-bond donors (Lipinski definition) is 2. The Morgan fingerprint density at radius 3 is 2.33 bits per heavy atom. The first-order valence-electron chi connectivity index (χ1n) is 11.4. The van der Waals surface area contributed by atoms with E-state index in [4.69, 9.17) is 12.2 Å². The van der Waals surface area contributed by atoms with E-state index >= 15 is 0 Å². The number of thiocarbonyl (C=S) groups is 1. The Balaban J connectivity index is 1.39. The van der Waals surface area contributed by atoms with Gasteiger partial charge in [0.25, 0.3) is 5.91 Å². The highest BCUT2D eigenvalue weighted by Crippen LogP contribution is 2.28. The number of carbonyl (C=O) groups excluding carboxylic acids is 2. The zero-order chi connectivity index (χ0) is 25.5. The summed E-state index contributed by atoms with van der Waals surface area (Å²) in [6, 6.07) is 26.6. The maximum absolute atomic E-state index is 13.3. The largest absolute Gasteiger partial charge is 0.332 e. The Bertz CT molecular complexity index is 1430. The number of carbonyl (C=O) groups is 2. The van der Waals surface area contributed by atoms with Crippen molar-refractivity contribution in [2.75, 3.05) is 16.8 Å². The molecule has 0 saturated heterocycles. The van der Waals surface area contributed by atoms with E-state index in [1.165, 1.54) is 18.2 Å². The third-order valence-corrected chi connectivity index (χ3v) is 5.75. The molecule has 36 heavy (non-hydrogen) atoms. The monoisotopic (exact) mass is 497 g/mol. The average Bonchev–Trinajstić information content (AvgIpc) is 2.89. The summed E-state index contributed by atoms with van der Waals surface area (Å²) in [5.41, 5.74) is 2.72. The van der Waals surface area contributed by atoms with E-state index in [1.807, 2.05) is 49.4 Å². The van der Waals surface area contributed by atoms with E-state index < -0.39 is 5.91 Å². The molecule has 0 atom stereocenters. The van der Waals surface area contributed by atoms with Crippen LogP contribution < -0.4 is 15.5 Å². The molecule has 4 aromatic carbocycles. The highest BCUT2D eigenvalue weighted by molar-refractivity contribution is 7.80. The molecule has 180 valence electrons. The Labute approximate surface area is 214 Å². The first-order valence-corrected chi connectivity index (χ1v) is 11.8. The van der Waals surface area contributed by atoms with Crippen LogP contribution in [0.4, 0.5) is 15.8 Å². The second-order valence-corrected chi connectivity index (χ2v) is 8.36. The summed E-state index contributed by atoms with van der Waals surface area (Å²) in [6.45, 7) is 2.47. The molecule has 0 aliphatic rings. The van der Waals surface area contributed by atoms with E-state index in [2.05, 4.69) is 10.6 Å². The van der Waals surface area contributed by atoms with Gasteiger partial charge >= 0.3 is 0 Å². The molecule has 2 N–H and O–H groups in total. The topological polar surface area (TPSA) is 61.4 Å². The molecule has 0 aliphatic heterocycles. The maximum Gasteiger partial charge on any atom is 0.258 e. The number of fused-ring (bicyclic) bond motifs is 1. The van der Waals surface area contributed by atoms with Gasteiger partial charge in [-0.2, -0.15) is 0 Å². The molecule has 0 aromatic heterocycles. The first kappa shape index (κ1) is 24.8. The zero-order valence-electron chi connectivity index (χ0n) is 19.6. The van der Waals surface area contributed by atoms with Crippen molar-refractivity contribution in [3.63, 3.8) is 0 Å². The summed E-state index contributed by atoms with van der Waals surface area (Å²) in [4.78, 5) is 27.2. The van der Waals surface area contributed by atoms with Crippen molar-refractivity contribution in [3.05, 3.63) is 114 Å². The summed E-state index contributed by atoms with van der Waals surface area (Å²) in [5.74, 6) is -0.870. The van der Waals surface area contributed by atoms with Gasteiger partial charge in [0.05, 0.1) is 5.69 Å². The SMILES string of the molecule is CCN(C(=O)c1ccc(NC(=S)NC(=O)C=Cc2ccc(F)cc2)cc1)c1cccc2ccccc12. The molecule has 0 aliphatic carbocycles. The van der Waals surface area contributed by atoms with Crippen LogP contribution in [0.5, 0.6) is 0 Å². The van der Waals surface area contributed by atoms with Crippen LogP contribution in [-0.4, -0.2) is 23.5 Å². The van der Waals surface area contributed by atoms with Crippen LogP contribution in [0.3, 0.4) is 0 Å². The van der Waals surface area contributed by atoms with Gasteiger partial charge in [0.15, 0.2) is 5.11 Å². The van der Waals surface area contributed by atoms with Gasteiger partial charge < -0.3 is 10.2 Å². The predicted octanol–water partition coefficient (Wildman–Crippen LogP) is 6.17. The molecule has 2 amide bonds. The lowest BCUT2D eigenvalue weighted by Crippen LogP contribution is -2.33. The van der Waals surface area contributed by atoms with E-state index in [-0.39, 0.29) is 16.8 Å². The smallest absolute Gasteiger partial charge is 0.258 e. The fourth-order valence-corrected chi connectivity index (χ4v) is 4.00. The van der Waals surface area contributed by atoms with Gasteiger partial charge in [-0.15, -0.1) is 0 Å². The van der Waals surface area contributed by atoms with Crippen molar-refractivity contribution >= 4 is 57.4 Å². The van der Waals surface area contributed by atoms with Gasteiger partial charge in [0.2, 0.25) is 5.91 Å². The Morgan fingerprint density at radius 2 is 1.61 bits per heavy atom. The van der Waals surface area contributed by atoms with Gasteiger partial charge in [-0.3, -0.25) is 14.9 Å². The molecule has 0 spiro atoms. The lowest BCUT2D eigenvalue weighted by atomic mass is 10.1. The minimum absolute atomic E-state index is 0.109. The highest BCUT2D eigenvalue weighted by Gasteiger charge is 2.18. The van der Waals surface area contributed by atoms with E-state index in [1.54, 1.807) is 47.4 Å². The summed E-state index contributed by atoms with van der Waals surface area (Å²) >= 11 is 5.21. The zero-order valence-corrected chi connectivity index (χ0v) is 20.4. The Hall–Kier alpha value is -4.36. The van der Waals surface area contributed by atoms with E-state index in [0.29, 0.717) is 23.4 Å². The van der Waals surface area contributed by atoms with E-state index in [9.17, 15) is 14.0 Å². The van der Waals surface area contributed by atoms with Crippen molar-refractivity contribution in [2.24, 2.45) is 0 Å². The van der Waals surface area contributed by atoms with Crippen LogP contribution in [0, 0.1) is 5.82 Å². The van der Waals surface area contributed by atoms with E-state index in [0.717, 1.165) is 16.5 Å². The maximum atomic E-state index is 13.3. The minimum Gasteiger partial charge on any atom is -0.332 e. The standard InChI is InChI=1S/C29H24FN3O2S/c1-2-33(26-9-5-7-21-6-3-4-8-25(21)26)28(35)22-13-17-24(18-14-22)31-29(36)32-27(34)19-12-20-10-15-23(30)16-11-20/h3-19H,2H2,1H3,(H2,31,32,34,36). The third kappa shape index (κ3) is 6.00. The van der Waals surface area contributed by atoms with Crippen LogP contribution in [0.2, 0.25) is 0 Å². The third-order valence-electron chi connectivity index (χ3n) is 5.54. The molecule has 0 saturated carbocycles. The molecular weight excluding hydrogens is 473 g/mol. The summed E-state index contributed by atoms with van der Waals surface area (Å²) in [6.07, 6.45) is 2.88. The number of amides is 2. The summed E-state index contributed by atoms with van der Waals surface area (Å²) in [7, 11) is 0. The van der Waals surface area contributed by atoms with Crippen molar-refractivity contribution < 1.29 is 14.0 Å². The molecule has 0 fully saturated rings. The van der Waals surface area contributed by atoms with Crippen molar-refractivity contribution in [1.82, 2.24) is 5.32 Å². The number of benzene rings is 4. The first-order chi connectivity index (χ1) is 17.4. The predicted molar refractivity (Wildman–Crippen MR) is 148 cm³/mol. The summed E-state index contributed by atoms with van der Waals surface area (Å²) < 4.78 is 13.0. The number of nitrogens with one attached hydrogen (secondary N) is 2. The summed E-state index contributed by atoms with van der Waals surface area (Å²) in [5, 5.41) is 7.70. The van der Waals surface area contributed by atoms with Crippen LogP contribution in [0.1, 0.15) is 22.8 Å². The van der Waals surface area contributed by atoms with Gasteiger partial charge in [-0.05, 0) is 78.6 Å². The van der Waals surface area contributed by atoms with Crippen LogP contribution in [-0.2, 0) is 4.79 Å². The minimum atomic E-state index is -0.419. The Kier molecular flexibility index (Phi) is 7.82. The second-order valence-electron chi connectivity index (χ2n) is 7.95. The molecule has 0 heterocycles. The van der Waals surface area contributed by atoms with Gasteiger partial charge in [0.1, 0.15) is 5.82 Å². The quantitative estimate of drug-likeness (QED) is 0.247. The molecule has 0 radical (unpaired) electrons. The van der Waals surface area contributed by atoms with Gasteiger partial charge in [-0.1, -0.05) is 48.5 Å². The molecular formula is C29H24FN3O2S. The van der Waals surface area contributed by atoms with Gasteiger partial charge in [0, 0.05) is 29.3 Å². The Morgan fingerprint density at radius 1 is 0.917 bits per heavy atom. The lowest BCUT2D eigenvalue weighted by Gasteiger charge is -2.23. The lowest BCUT2D eigenvalue weighted by molar-refractivity contribution is -0.115. The molecule has 7 heteroatoms. The second kappa shape index (κ2) is 11.4. The number of hydrogen-bond acceptors (Lipinski definition) is 3. The highest BCUT2D eigenvalue weighted by atomic mass is 32.1. The fourth-order valence-electron chi connectivity index (χ4n) is 3.78. The van der Waals surface area contributed by atoms with Crippen molar-refractivity contribution in [3.8, 4) is 0 Å². The number of halogens is 1. The average molecular weight is 498 g/mol. The number of nitrogens with zero attached hydrogens (tertiary/aromatic N) is 1. The van der Waals surface area contributed by atoms with Crippen molar-refractivity contribution in [2.45, 2.75) is 6.92 Å². The molecule has 4 rings (SSSR count). The van der Waals surface area contributed by atoms with Crippen LogP contribution in [0.25, 0.3) is 16.8 Å². The molecule has 0 bridgehead atoms. The normalized spacial score (nSPS) is 10.8. The number of rotatable bonds is 6. The van der Waals surface area contributed by atoms with Gasteiger partial charge in [-0.25, -0.2) is 4.39 Å². The van der Waals surface area contributed by atoms with Crippen LogP contribution in [0.15, 0.2) is 97.1 Å².